The van der Waals surface area contributed by atoms with Crippen molar-refractivity contribution in [3.8, 4) is 0 Å². The molecule has 0 aliphatic heterocycles. The Balaban J connectivity index is 3.95. The quantitative estimate of drug-likeness (QED) is 0.385. The van der Waals surface area contributed by atoms with Crippen LogP contribution in [0.1, 0.15) is 19.8 Å². The number of nitrogens with one attached hydrogen (secondary N) is 1. The first-order valence-electron chi connectivity index (χ1n) is 3.79. The highest BCUT2D eigenvalue weighted by Gasteiger charge is 2.24. The maximum Gasteiger partial charge on any atom is 0.345 e. The summed E-state index contributed by atoms with van der Waals surface area (Å²) in [5.41, 5.74) is 14.8. The topological polar surface area (TPSA) is 133 Å². The predicted molar refractivity (Wildman–Crippen MR) is 51.8 cm³/mol. The third-order valence-corrected chi connectivity index (χ3v) is 3.77. The Labute approximate surface area is 77.5 Å². The number of hydrogen-bond acceptors (Lipinski definition) is 3. The molecule has 0 saturated heterocycles. The standard InChI is InChI=1S/C4H16N4O3P2/c1-2-3-4-8-13(7,10)11-12(5,6)9/h2-4H2,1H3,(H4,5,6,9)(H3,7,8,10). The molecule has 0 amide bonds. The highest BCUT2D eigenvalue weighted by atomic mass is 31.3. The van der Waals surface area contributed by atoms with Crippen molar-refractivity contribution in [3.05, 3.63) is 0 Å². The SMILES string of the molecule is CCCCNP(N)(=O)OP(N)(N)=O. The van der Waals surface area contributed by atoms with Crippen LogP contribution in [0.25, 0.3) is 0 Å². The lowest BCUT2D eigenvalue weighted by molar-refractivity contribution is 0.447. The summed E-state index contributed by atoms with van der Waals surface area (Å²) in [5, 5.41) is 2.40. The Morgan fingerprint density at radius 2 is 1.85 bits per heavy atom. The summed E-state index contributed by atoms with van der Waals surface area (Å²) in [7, 11) is -7.39. The molecule has 0 aromatic heterocycles. The minimum absolute atomic E-state index is 0.407. The van der Waals surface area contributed by atoms with Gasteiger partial charge in [0.2, 0.25) is 0 Å². The summed E-state index contributed by atoms with van der Waals surface area (Å²) < 4.78 is 26.2. The average Bonchev–Trinajstić information content (AvgIpc) is 1.81. The number of rotatable bonds is 6. The second kappa shape index (κ2) is 5.22. The summed E-state index contributed by atoms with van der Waals surface area (Å²) in [6, 6.07) is 0. The van der Waals surface area contributed by atoms with Gasteiger partial charge in [-0.25, -0.2) is 25.9 Å². The van der Waals surface area contributed by atoms with Crippen molar-refractivity contribution in [2.75, 3.05) is 6.54 Å². The van der Waals surface area contributed by atoms with Gasteiger partial charge in [-0.2, -0.15) is 0 Å². The van der Waals surface area contributed by atoms with Gasteiger partial charge in [-0.15, -0.1) is 0 Å². The first-order valence-corrected chi connectivity index (χ1v) is 7.25. The lowest BCUT2D eigenvalue weighted by Gasteiger charge is -2.15. The third-order valence-electron chi connectivity index (χ3n) is 1.11. The van der Waals surface area contributed by atoms with Crippen molar-refractivity contribution in [3.63, 3.8) is 0 Å². The molecule has 0 aliphatic rings. The largest absolute Gasteiger partial charge is 0.345 e. The van der Waals surface area contributed by atoms with Crippen LogP contribution in [0.2, 0.25) is 0 Å². The fraction of sp³-hybridized carbons (Fsp3) is 1.00. The van der Waals surface area contributed by atoms with Crippen molar-refractivity contribution < 1.29 is 13.4 Å². The molecule has 1 atom stereocenters. The maximum absolute atomic E-state index is 11.2. The van der Waals surface area contributed by atoms with Crippen LogP contribution in [-0.2, 0) is 13.4 Å². The first-order chi connectivity index (χ1) is 5.77. The van der Waals surface area contributed by atoms with E-state index in [0.717, 1.165) is 12.8 Å². The van der Waals surface area contributed by atoms with E-state index in [4.69, 9.17) is 16.5 Å². The maximum atomic E-state index is 11.2. The molecule has 0 aromatic carbocycles. The zero-order valence-electron chi connectivity index (χ0n) is 7.47. The van der Waals surface area contributed by atoms with Crippen LogP contribution >= 0.6 is 15.3 Å². The molecule has 1 unspecified atom stereocenters. The minimum Gasteiger partial charge on any atom is -0.256 e. The van der Waals surface area contributed by atoms with E-state index in [0.29, 0.717) is 6.54 Å². The molecule has 0 heterocycles. The van der Waals surface area contributed by atoms with E-state index in [-0.39, 0.29) is 0 Å². The van der Waals surface area contributed by atoms with Gasteiger partial charge in [0.05, 0.1) is 0 Å². The smallest absolute Gasteiger partial charge is 0.256 e. The fourth-order valence-corrected chi connectivity index (χ4v) is 2.85. The van der Waals surface area contributed by atoms with Crippen LogP contribution in [0.15, 0.2) is 0 Å². The van der Waals surface area contributed by atoms with Gasteiger partial charge in [0, 0.05) is 6.54 Å². The fourth-order valence-electron chi connectivity index (χ4n) is 0.630. The van der Waals surface area contributed by atoms with Crippen molar-refractivity contribution in [2.45, 2.75) is 19.8 Å². The van der Waals surface area contributed by atoms with E-state index in [1.807, 2.05) is 6.92 Å². The summed E-state index contributed by atoms with van der Waals surface area (Å²) in [6.07, 6.45) is 1.69. The lowest BCUT2D eigenvalue weighted by atomic mass is 10.3. The molecule has 7 nitrogen and oxygen atoms in total. The van der Waals surface area contributed by atoms with E-state index >= 15 is 0 Å². The van der Waals surface area contributed by atoms with Crippen molar-refractivity contribution in [2.24, 2.45) is 16.5 Å². The molecule has 0 spiro atoms. The van der Waals surface area contributed by atoms with Gasteiger partial charge in [-0.1, -0.05) is 13.3 Å². The summed E-state index contributed by atoms with van der Waals surface area (Å²) in [5.74, 6) is 0. The van der Waals surface area contributed by atoms with E-state index < -0.39 is 15.3 Å². The number of hydrogen-bond donors (Lipinski definition) is 4. The molecule has 0 aromatic rings. The Morgan fingerprint density at radius 1 is 1.31 bits per heavy atom. The van der Waals surface area contributed by atoms with Gasteiger partial charge in [-0.3, -0.25) is 9.13 Å². The van der Waals surface area contributed by atoms with Crippen LogP contribution in [0.4, 0.5) is 0 Å². The molecule has 0 radical (unpaired) electrons. The van der Waals surface area contributed by atoms with Gasteiger partial charge in [0.25, 0.3) is 0 Å². The monoisotopic (exact) mass is 230 g/mol. The lowest BCUT2D eigenvalue weighted by Crippen LogP contribution is -2.21. The zero-order valence-corrected chi connectivity index (χ0v) is 9.26. The van der Waals surface area contributed by atoms with Crippen LogP contribution in [0, 0.1) is 0 Å². The van der Waals surface area contributed by atoms with E-state index in [9.17, 15) is 9.13 Å². The molecule has 9 heteroatoms. The number of nitrogens with two attached hydrogens (primary N) is 3. The zero-order chi connectivity index (χ0) is 10.5. The van der Waals surface area contributed by atoms with Gasteiger partial charge >= 0.3 is 15.3 Å². The molecule has 0 fully saturated rings. The van der Waals surface area contributed by atoms with Crippen LogP contribution in [0.3, 0.4) is 0 Å². The molecular weight excluding hydrogens is 214 g/mol. The van der Waals surface area contributed by atoms with Gasteiger partial charge in [0.15, 0.2) is 0 Å². The highest BCUT2D eigenvalue weighted by Crippen LogP contribution is 2.47. The summed E-state index contributed by atoms with van der Waals surface area (Å²) in [4.78, 5) is 0. The number of unbranched alkanes of at least 4 members (excludes halogenated alkanes) is 1. The molecule has 7 N–H and O–H groups in total. The Kier molecular flexibility index (Phi) is 5.32. The molecule has 80 valence electrons. The van der Waals surface area contributed by atoms with Crippen molar-refractivity contribution in [1.82, 2.24) is 5.09 Å². The van der Waals surface area contributed by atoms with E-state index in [2.05, 4.69) is 9.40 Å². The Bertz CT molecular complexity index is 240. The normalized spacial score (nSPS) is 16.9. The summed E-state index contributed by atoms with van der Waals surface area (Å²) in [6.45, 7) is 2.37. The molecule has 0 saturated carbocycles. The molecule has 0 rings (SSSR count). The molecule has 0 aliphatic carbocycles. The van der Waals surface area contributed by atoms with Crippen LogP contribution < -0.4 is 21.6 Å². The van der Waals surface area contributed by atoms with Crippen LogP contribution in [-0.4, -0.2) is 6.54 Å². The van der Waals surface area contributed by atoms with Crippen LogP contribution in [0.5, 0.6) is 0 Å². The average molecular weight is 230 g/mol. The van der Waals surface area contributed by atoms with E-state index in [1.165, 1.54) is 0 Å². The highest BCUT2D eigenvalue weighted by molar-refractivity contribution is 7.67. The Hall–Kier alpha value is 0.260. The second-order valence-electron chi connectivity index (χ2n) is 2.59. The first kappa shape index (κ1) is 13.3. The van der Waals surface area contributed by atoms with Gasteiger partial charge in [0.1, 0.15) is 0 Å². The third kappa shape index (κ3) is 8.59. The molecule has 13 heavy (non-hydrogen) atoms. The molecule has 0 bridgehead atoms. The Morgan fingerprint density at radius 3 is 2.23 bits per heavy atom. The molecular formula is C4H16N4O3P2. The van der Waals surface area contributed by atoms with Gasteiger partial charge in [-0.05, 0) is 6.42 Å². The second-order valence-corrected chi connectivity index (χ2v) is 6.04. The van der Waals surface area contributed by atoms with Crippen molar-refractivity contribution >= 4 is 15.3 Å². The summed E-state index contributed by atoms with van der Waals surface area (Å²) >= 11 is 0. The minimum atomic E-state index is -3.79. The van der Waals surface area contributed by atoms with E-state index in [1.54, 1.807) is 0 Å². The van der Waals surface area contributed by atoms with Gasteiger partial charge < -0.3 is 0 Å². The van der Waals surface area contributed by atoms with Crippen molar-refractivity contribution in [1.29, 1.82) is 0 Å². The predicted octanol–water partition coefficient (Wildman–Crippen LogP) is 0.485.